The average Bonchev–Trinajstić information content (AvgIpc) is 2.83. The Bertz CT molecular complexity index is 528. The molecule has 5 heteroatoms. The van der Waals surface area contributed by atoms with Crippen LogP contribution in [0, 0.1) is 0 Å². The van der Waals surface area contributed by atoms with Gasteiger partial charge in [0.15, 0.2) is 0 Å². The SMILES string of the molecule is CC(C)n1c(C(=O)NCCO)cc2sccc21. The maximum atomic E-state index is 12.0. The molecule has 17 heavy (non-hydrogen) atoms. The minimum atomic E-state index is -0.129. The van der Waals surface area contributed by atoms with E-state index in [2.05, 4.69) is 19.2 Å². The van der Waals surface area contributed by atoms with Crippen LogP contribution in [0.2, 0.25) is 0 Å². The number of aromatic nitrogens is 1. The quantitative estimate of drug-likeness (QED) is 0.874. The molecule has 0 fully saturated rings. The van der Waals surface area contributed by atoms with E-state index in [0.29, 0.717) is 5.69 Å². The molecule has 0 atom stereocenters. The van der Waals surface area contributed by atoms with Gasteiger partial charge in [-0.05, 0) is 31.4 Å². The summed E-state index contributed by atoms with van der Waals surface area (Å²) < 4.78 is 3.14. The Morgan fingerprint density at radius 2 is 2.35 bits per heavy atom. The molecule has 0 unspecified atom stereocenters. The van der Waals surface area contributed by atoms with Crippen molar-refractivity contribution in [3.63, 3.8) is 0 Å². The second-order valence-electron chi connectivity index (χ2n) is 4.14. The molecule has 2 aromatic heterocycles. The van der Waals surface area contributed by atoms with Gasteiger partial charge in [-0.2, -0.15) is 0 Å². The highest BCUT2D eigenvalue weighted by Gasteiger charge is 2.17. The number of aliphatic hydroxyl groups is 1. The van der Waals surface area contributed by atoms with Gasteiger partial charge in [-0.25, -0.2) is 0 Å². The molecule has 0 radical (unpaired) electrons. The summed E-state index contributed by atoms with van der Waals surface area (Å²) in [5, 5.41) is 13.4. The van der Waals surface area contributed by atoms with E-state index in [4.69, 9.17) is 5.11 Å². The first kappa shape index (κ1) is 12.1. The number of hydrogen-bond acceptors (Lipinski definition) is 3. The standard InChI is InChI=1S/C12H16N2O2S/c1-8(2)14-9-3-6-17-11(9)7-10(14)12(16)13-4-5-15/h3,6-8,15H,4-5H2,1-2H3,(H,13,16). The number of hydrogen-bond donors (Lipinski definition) is 2. The molecule has 0 saturated carbocycles. The Morgan fingerprint density at radius 1 is 1.59 bits per heavy atom. The molecule has 0 aromatic carbocycles. The number of rotatable bonds is 4. The average molecular weight is 252 g/mol. The normalized spacial score (nSPS) is 11.3. The first-order chi connectivity index (χ1) is 8.15. The van der Waals surface area contributed by atoms with Gasteiger partial charge in [0.1, 0.15) is 5.69 Å². The van der Waals surface area contributed by atoms with Crippen LogP contribution in [0.1, 0.15) is 30.4 Å². The Labute approximate surface area is 104 Å². The second kappa shape index (κ2) is 4.89. The van der Waals surface area contributed by atoms with Crippen molar-refractivity contribution >= 4 is 27.5 Å². The van der Waals surface area contributed by atoms with Gasteiger partial charge in [0.2, 0.25) is 0 Å². The van der Waals surface area contributed by atoms with Crippen molar-refractivity contribution in [2.45, 2.75) is 19.9 Å². The number of thiophene rings is 1. The highest BCUT2D eigenvalue weighted by molar-refractivity contribution is 7.17. The maximum Gasteiger partial charge on any atom is 0.268 e. The summed E-state index contributed by atoms with van der Waals surface area (Å²) in [5.74, 6) is -0.129. The van der Waals surface area contributed by atoms with Gasteiger partial charge in [-0.1, -0.05) is 0 Å². The van der Waals surface area contributed by atoms with Crippen LogP contribution in [0.3, 0.4) is 0 Å². The van der Waals surface area contributed by atoms with Gasteiger partial charge in [0.25, 0.3) is 5.91 Å². The number of carbonyl (C=O) groups excluding carboxylic acids is 1. The lowest BCUT2D eigenvalue weighted by Crippen LogP contribution is -2.28. The van der Waals surface area contributed by atoms with Crippen LogP contribution >= 0.6 is 11.3 Å². The molecule has 2 aromatic rings. The van der Waals surface area contributed by atoms with Crippen molar-refractivity contribution in [2.24, 2.45) is 0 Å². The van der Waals surface area contributed by atoms with Crippen LogP contribution in [-0.4, -0.2) is 28.7 Å². The predicted octanol–water partition coefficient (Wildman–Crippen LogP) is 2.01. The Balaban J connectivity index is 2.41. The molecule has 0 aliphatic rings. The summed E-state index contributed by atoms with van der Waals surface area (Å²) >= 11 is 1.63. The van der Waals surface area contributed by atoms with E-state index in [-0.39, 0.29) is 25.1 Å². The monoisotopic (exact) mass is 252 g/mol. The molecule has 2 heterocycles. The smallest absolute Gasteiger partial charge is 0.268 e. The molecule has 0 bridgehead atoms. The van der Waals surface area contributed by atoms with E-state index in [0.717, 1.165) is 10.2 Å². The van der Waals surface area contributed by atoms with Gasteiger partial charge < -0.3 is 15.0 Å². The largest absolute Gasteiger partial charge is 0.395 e. The summed E-state index contributed by atoms with van der Waals surface area (Å²) in [6.07, 6.45) is 0. The van der Waals surface area contributed by atoms with Crippen LogP contribution in [0.4, 0.5) is 0 Å². The topological polar surface area (TPSA) is 54.3 Å². The Hall–Kier alpha value is -1.33. The van der Waals surface area contributed by atoms with Crippen LogP contribution in [0.15, 0.2) is 17.5 Å². The van der Waals surface area contributed by atoms with Crippen LogP contribution in [0.5, 0.6) is 0 Å². The Kier molecular flexibility index (Phi) is 3.49. The molecule has 2 N–H and O–H groups in total. The maximum absolute atomic E-state index is 12.0. The minimum Gasteiger partial charge on any atom is -0.395 e. The van der Waals surface area contributed by atoms with Crippen LogP contribution in [0.25, 0.3) is 10.2 Å². The molecular formula is C12H16N2O2S. The first-order valence-corrected chi connectivity index (χ1v) is 6.50. The molecule has 0 aliphatic carbocycles. The number of carbonyl (C=O) groups is 1. The third-order valence-electron chi connectivity index (χ3n) is 2.61. The second-order valence-corrected chi connectivity index (χ2v) is 5.09. The molecule has 2 rings (SSSR count). The molecule has 92 valence electrons. The van der Waals surface area contributed by atoms with Gasteiger partial charge in [-0.15, -0.1) is 11.3 Å². The third-order valence-corrected chi connectivity index (χ3v) is 3.46. The van der Waals surface area contributed by atoms with E-state index in [1.165, 1.54) is 0 Å². The predicted molar refractivity (Wildman–Crippen MR) is 69.6 cm³/mol. The van der Waals surface area contributed by atoms with E-state index in [9.17, 15) is 4.79 Å². The Morgan fingerprint density at radius 3 is 3.00 bits per heavy atom. The number of fused-ring (bicyclic) bond motifs is 1. The first-order valence-electron chi connectivity index (χ1n) is 5.62. The summed E-state index contributed by atoms with van der Waals surface area (Å²) in [6.45, 7) is 4.36. The summed E-state index contributed by atoms with van der Waals surface area (Å²) in [6, 6.07) is 4.17. The van der Waals surface area contributed by atoms with Gasteiger partial charge in [0.05, 0.1) is 16.8 Å². The van der Waals surface area contributed by atoms with Crippen LogP contribution < -0.4 is 5.32 Å². The molecular weight excluding hydrogens is 236 g/mol. The molecule has 1 amide bonds. The number of nitrogens with one attached hydrogen (secondary N) is 1. The van der Waals surface area contributed by atoms with Gasteiger partial charge in [-0.3, -0.25) is 4.79 Å². The van der Waals surface area contributed by atoms with Crippen molar-refractivity contribution in [3.05, 3.63) is 23.2 Å². The van der Waals surface area contributed by atoms with E-state index in [1.54, 1.807) is 11.3 Å². The number of aliphatic hydroxyl groups excluding tert-OH is 1. The lowest BCUT2D eigenvalue weighted by Gasteiger charge is -2.13. The lowest BCUT2D eigenvalue weighted by molar-refractivity contribution is 0.0934. The third kappa shape index (κ3) is 2.21. The molecule has 0 saturated heterocycles. The number of nitrogens with zero attached hydrogens (tertiary/aromatic N) is 1. The number of amides is 1. The summed E-state index contributed by atoms with van der Waals surface area (Å²) in [5.41, 5.74) is 1.76. The van der Waals surface area contributed by atoms with E-state index in [1.807, 2.05) is 22.1 Å². The van der Waals surface area contributed by atoms with Crippen molar-refractivity contribution < 1.29 is 9.90 Å². The van der Waals surface area contributed by atoms with Gasteiger partial charge in [0, 0.05) is 12.6 Å². The van der Waals surface area contributed by atoms with Crippen molar-refractivity contribution in [1.82, 2.24) is 9.88 Å². The lowest BCUT2D eigenvalue weighted by atomic mass is 10.3. The van der Waals surface area contributed by atoms with E-state index >= 15 is 0 Å². The zero-order valence-electron chi connectivity index (χ0n) is 9.93. The highest BCUT2D eigenvalue weighted by atomic mass is 32.1. The van der Waals surface area contributed by atoms with Crippen LogP contribution in [-0.2, 0) is 0 Å². The van der Waals surface area contributed by atoms with Crippen molar-refractivity contribution in [3.8, 4) is 0 Å². The zero-order chi connectivity index (χ0) is 12.4. The fourth-order valence-corrected chi connectivity index (χ4v) is 2.75. The van der Waals surface area contributed by atoms with Crippen molar-refractivity contribution in [1.29, 1.82) is 0 Å². The summed E-state index contributed by atoms with van der Waals surface area (Å²) in [7, 11) is 0. The molecule has 0 spiro atoms. The minimum absolute atomic E-state index is 0.0392. The highest BCUT2D eigenvalue weighted by Crippen LogP contribution is 2.28. The zero-order valence-corrected chi connectivity index (χ0v) is 10.8. The van der Waals surface area contributed by atoms with Gasteiger partial charge >= 0.3 is 0 Å². The fraction of sp³-hybridized carbons (Fsp3) is 0.417. The molecule has 0 aliphatic heterocycles. The van der Waals surface area contributed by atoms with E-state index < -0.39 is 0 Å². The fourth-order valence-electron chi connectivity index (χ4n) is 1.94. The summed E-state index contributed by atoms with van der Waals surface area (Å²) in [4.78, 5) is 12.0. The van der Waals surface area contributed by atoms with Crippen molar-refractivity contribution in [2.75, 3.05) is 13.2 Å². The molecule has 4 nitrogen and oxygen atoms in total.